The van der Waals surface area contributed by atoms with Gasteiger partial charge in [0.25, 0.3) is 0 Å². The summed E-state index contributed by atoms with van der Waals surface area (Å²) < 4.78 is 4.48. The third-order valence-corrected chi connectivity index (χ3v) is 1.94. The molecule has 1 heterocycles. The highest BCUT2D eigenvalue weighted by molar-refractivity contribution is 5.64. The smallest absolute Gasteiger partial charge is 0.449 e. The first-order chi connectivity index (χ1) is 7.25. The van der Waals surface area contributed by atoms with E-state index in [1.165, 1.54) is 0 Å². The molecule has 1 aromatic carbocycles. The molecule has 0 unspecified atom stereocenters. The zero-order valence-electron chi connectivity index (χ0n) is 7.81. The van der Waals surface area contributed by atoms with Crippen LogP contribution in [0.4, 0.5) is 4.79 Å². The summed E-state index contributed by atoms with van der Waals surface area (Å²) in [5.41, 5.74) is 1.81. The Morgan fingerprint density at radius 3 is 2.53 bits per heavy atom. The number of hydrogen-bond donors (Lipinski definition) is 2. The van der Waals surface area contributed by atoms with E-state index in [-0.39, 0.29) is 5.88 Å². The Balaban J connectivity index is 2.24. The number of rotatable bonds is 2. The maximum atomic E-state index is 10.3. The number of ether oxygens (including phenoxy) is 1. The molecule has 76 valence electrons. The average molecular weight is 203 g/mol. The van der Waals surface area contributed by atoms with Crippen molar-refractivity contribution in [2.45, 2.75) is 0 Å². The van der Waals surface area contributed by atoms with Crippen LogP contribution in [0.3, 0.4) is 0 Å². The molecule has 0 fully saturated rings. The Hall–Kier alpha value is -2.23. The number of nitrogens with one attached hydrogen (secondary N) is 1. The van der Waals surface area contributed by atoms with E-state index in [2.05, 4.69) is 9.72 Å². The SMILES string of the molecule is O=C(O)Oc1ccc(-c2ccccc2)[nH]1. The second-order valence-corrected chi connectivity index (χ2v) is 2.97. The van der Waals surface area contributed by atoms with E-state index < -0.39 is 6.16 Å². The minimum Gasteiger partial charge on any atom is -0.449 e. The summed E-state index contributed by atoms with van der Waals surface area (Å²) in [6.07, 6.45) is -1.32. The molecule has 0 saturated carbocycles. The van der Waals surface area contributed by atoms with Gasteiger partial charge in [0.1, 0.15) is 0 Å². The maximum absolute atomic E-state index is 10.3. The molecular formula is C11H9NO3. The molecular weight excluding hydrogens is 194 g/mol. The number of aromatic nitrogens is 1. The number of carboxylic acid groups (broad SMARTS) is 1. The van der Waals surface area contributed by atoms with E-state index in [0.717, 1.165) is 11.3 Å². The van der Waals surface area contributed by atoms with Gasteiger partial charge in [-0.3, -0.25) is 0 Å². The number of carbonyl (C=O) groups is 1. The van der Waals surface area contributed by atoms with Crippen molar-refractivity contribution in [3.05, 3.63) is 42.5 Å². The number of H-pyrrole nitrogens is 1. The van der Waals surface area contributed by atoms with Gasteiger partial charge in [-0.2, -0.15) is 0 Å². The van der Waals surface area contributed by atoms with Crippen molar-refractivity contribution in [1.29, 1.82) is 0 Å². The molecule has 0 saturated heterocycles. The van der Waals surface area contributed by atoms with Gasteiger partial charge in [-0.05, 0) is 11.6 Å². The summed E-state index contributed by atoms with van der Waals surface area (Å²) in [7, 11) is 0. The Morgan fingerprint density at radius 1 is 1.13 bits per heavy atom. The molecule has 4 nitrogen and oxygen atoms in total. The van der Waals surface area contributed by atoms with E-state index in [9.17, 15) is 4.79 Å². The van der Waals surface area contributed by atoms with Gasteiger partial charge < -0.3 is 14.8 Å². The molecule has 2 aromatic rings. The highest BCUT2D eigenvalue weighted by Gasteiger charge is 2.04. The summed E-state index contributed by atoms with van der Waals surface area (Å²) in [5.74, 6) is 0.223. The van der Waals surface area contributed by atoms with Crippen molar-refractivity contribution in [3.63, 3.8) is 0 Å². The van der Waals surface area contributed by atoms with Gasteiger partial charge in [-0.25, -0.2) is 4.79 Å². The van der Waals surface area contributed by atoms with Crippen LogP contribution < -0.4 is 4.74 Å². The predicted molar refractivity (Wildman–Crippen MR) is 54.9 cm³/mol. The summed E-state index contributed by atoms with van der Waals surface area (Å²) in [5, 5.41) is 8.40. The van der Waals surface area contributed by atoms with E-state index in [1.807, 2.05) is 30.3 Å². The molecule has 0 aliphatic heterocycles. The minimum absolute atomic E-state index is 0.223. The number of benzene rings is 1. The van der Waals surface area contributed by atoms with E-state index in [0.29, 0.717) is 0 Å². The fraction of sp³-hybridized carbons (Fsp3) is 0. The molecule has 0 atom stereocenters. The van der Waals surface area contributed by atoms with Gasteiger partial charge in [0.15, 0.2) is 0 Å². The lowest BCUT2D eigenvalue weighted by Crippen LogP contribution is -2.02. The van der Waals surface area contributed by atoms with Crippen molar-refractivity contribution in [3.8, 4) is 17.1 Å². The van der Waals surface area contributed by atoms with Crippen molar-refractivity contribution in [2.75, 3.05) is 0 Å². The first-order valence-electron chi connectivity index (χ1n) is 4.41. The van der Waals surface area contributed by atoms with Crippen LogP contribution in [0.2, 0.25) is 0 Å². The molecule has 0 spiro atoms. The van der Waals surface area contributed by atoms with Crippen LogP contribution in [0, 0.1) is 0 Å². The van der Waals surface area contributed by atoms with Crippen LogP contribution in [0.5, 0.6) is 5.88 Å². The molecule has 0 radical (unpaired) electrons. The van der Waals surface area contributed by atoms with Gasteiger partial charge in [0.2, 0.25) is 5.88 Å². The van der Waals surface area contributed by atoms with Crippen molar-refractivity contribution >= 4 is 6.16 Å². The second kappa shape index (κ2) is 3.88. The van der Waals surface area contributed by atoms with Crippen molar-refractivity contribution in [2.24, 2.45) is 0 Å². The Kier molecular flexibility index (Phi) is 2.41. The fourth-order valence-corrected chi connectivity index (χ4v) is 1.31. The Bertz CT molecular complexity index is 462. The summed E-state index contributed by atoms with van der Waals surface area (Å²) >= 11 is 0. The molecule has 0 amide bonds. The molecule has 0 bridgehead atoms. The molecule has 15 heavy (non-hydrogen) atoms. The highest BCUT2D eigenvalue weighted by atomic mass is 16.7. The maximum Gasteiger partial charge on any atom is 0.512 e. The molecule has 0 aliphatic carbocycles. The van der Waals surface area contributed by atoms with Gasteiger partial charge in [-0.1, -0.05) is 30.3 Å². The van der Waals surface area contributed by atoms with E-state index in [4.69, 9.17) is 5.11 Å². The molecule has 2 N–H and O–H groups in total. The standard InChI is InChI=1S/C11H9NO3/c13-11(14)15-10-7-6-9(12-10)8-4-2-1-3-5-8/h1-7,12H,(H,13,14). The normalized spacial score (nSPS) is 9.87. The monoisotopic (exact) mass is 203 g/mol. The summed E-state index contributed by atoms with van der Waals surface area (Å²) in [4.78, 5) is 13.1. The van der Waals surface area contributed by atoms with Gasteiger partial charge in [0, 0.05) is 11.8 Å². The summed E-state index contributed by atoms with van der Waals surface area (Å²) in [6, 6.07) is 12.9. The number of hydrogen-bond acceptors (Lipinski definition) is 2. The van der Waals surface area contributed by atoms with Crippen LogP contribution in [-0.4, -0.2) is 16.2 Å². The van der Waals surface area contributed by atoms with E-state index in [1.54, 1.807) is 12.1 Å². The van der Waals surface area contributed by atoms with Crippen molar-refractivity contribution < 1.29 is 14.6 Å². The Labute approximate surface area is 86.1 Å². The lowest BCUT2D eigenvalue weighted by atomic mass is 10.2. The van der Waals surface area contributed by atoms with Crippen LogP contribution in [0.15, 0.2) is 42.5 Å². The first-order valence-corrected chi connectivity index (χ1v) is 4.41. The molecule has 1 aromatic heterocycles. The lowest BCUT2D eigenvalue weighted by molar-refractivity contribution is 0.143. The lowest BCUT2D eigenvalue weighted by Gasteiger charge is -1.97. The molecule has 4 heteroatoms. The summed E-state index contributed by atoms with van der Waals surface area (Å²) in [6.45, 7) is 0. The van der Waals surface area contributed by atoms with Gasteiger partial charge in [-0.15, -0.1) is 0 Å². The average Bonchev–Trinajstić information content (AvgIpc) is 2.67. The quantitative estimate of drug-likeness (QED) is 0.737. The number of aromatic amines is 1. The molecule has 2 rings (SSSR count). The van der Waals surface area contributed by atoms with Crippen LogP contribution >= 0.6 is 0 Å². The van der Waals surface area contributed by atoms with Gasteiger partial charge >= 0.3 is 6.16 Å². The van der Waals surface area contributed by atoms with Crippen molar-refractivity contribution in [1.82, 2.24) is 4.98 Å². The largest absolute Gasteiger partial charge is 0.512 e. The minimum atomic E-state index is -1.32. The third kappa shape index (κ3) is 2.17. The van der Waals surface area contributed by atoms with Gasteiger partial charge in [0.05, 0.1) is 0 Å². The highest BCUT2D eigenvalue weighted by Crippen LogP contribution is 2.21. The topological polar surface area (TPSA) is 62.3 Å². The zero-order valence-corrected chi connectivity index (χ0v) is 7.81. The zero-order chi connectivity index (χ0) is 10.7. The molecule has 0 aliphatic rings. The van der Waals surface area contributed by atoms with Crippen LogP contribution in [0.1, 0.15) is 0 Å². The second-order valence-electron chi connectivity index (χ2n) is 2.97. The predicted octanol–water partition coefficient (Wildman–Crippen LogP) is 2.74. The van der Waals surface area contributed by atoms with Crippen LogP contribution in [0.25, 0.3) is 11.3 Å². The third-order valence-electron chi connectivity index (χ3n) is 1.94. The Morgan fingerprint density at radius 2 is 1.87 bits per heavy atom. The first kappa shape index (κ1) is 9.33. The van der Waals surface area contributed by atoms with E-state index >= 15 is 0 Å². The van der Waals surface area contributed by atoms with Crippen LogP contribution in [-0.2, 0) is 0 Å². The fourth-order valence-electron chi connectivity index (χ4n) is 1.31.